The van der Waals surface area contributed by atoms with Gasteiger partial charge in [0.05, 0.1) is 17.4 Å². The largest absolute Gasteiger partial charge is 0.387 e. The number of nitrogens with two attached hydrogens (primary N) is 1. The maximum absolute atomic E-state index is 11.0. The first-order chi connectivity index (χ1) is 19.9. The van der Waals surface area contributed by atoms with Crippen molar-refractivity contribution in [3.8, 4) is 0 Å². The van der Waals surface area contributed by atoms with Crippen molar-refractivity contribution in [3.63, 3.8) is 0 Å². The highest BCUT2D eigenvalue weighted by Crippen LogP contribution is 2.40. The first-order valence-electron chi connectivity index (χ1n) is 14.8. The lowest BCUT2D eigenvalue weighted by Gasteiger charge is -2.46. The van der Waals surface area contributed by atoms with Crippen LogP contribution in [0.2, 0.25) is 0 Å². The second kappa shape index (κ2) is 10.8. The summed E-state index contributed by atoms with van der Waals surface area (Å²) in [6.45, 7) is 11.3. The quantitative estimate of drug-likeness (QED) is 0.209. The van der Waals surface area contributed by atoms with Crippen molar-refractivity contribution >= 4 is 28.0 Å². The number of aromatic nitrogens is 6. The average Bonchev–Trinajstić information content (AvgIpc) is 3.61. The molecule has 1 aromatic carbocycles. The molecule has 1 aliphatic heterocycles. The topological polar surface area (TPSA) is 171 Å². The Morgan fingerprint density at radius 2 is 1.90 bits per heavy atom. The number of nitrogens with zero attached hydrogens (tertiary/aromatic N) is 6. The summed E-state index contributed by atoms with van der Waals surface area (Å²) in [4.78, 5) is 22.8. The number of benzene rings is 1. The summed E-state index contributed by atoms with van der Waals surface area (Å²) in [5, 5.41) is 32.8. The fraction of sp³-hybridized carbons (Fsp3) is 0.600. The summed E-state index contributed by atoms with van der Waals surface area (Å²) in [5.74, 6) is 1.22. The van der Waals surface area contributed by atoms with E-state index in [1.807, 2.05) is 6.07 Å². The number of imidazole rings is 2. The summed E-state index contributed by atoms with van der Waals surface area (Å²) < 4.78 is 7.81. The van der Waals surface area contributed by atoms with Crippen molar-refractivity contribution in [2.45, 2.75) is 102 Å². The number of fused-ring (bicyclic) bond motifs is 2. The lowest BCUT2D eigenvalue weighted by Crippen LogP contribution is -2.52. The van der Waals surface area contributed by atoms with Gasteiger partial charge in [-0.2, -0.15) is 0 Å². The monoisotopic (exact) mass is 578 g/mol. The van der Waals surface area contributed by atoms with Crippen molar-refractivity contribution in [1.29, 1.82) is 0 Å². The number of anilines is 1. The van der Waals surface area contributed by atoms with Gasteiger partial charge in [0.1, 0.15) is 42.1 Å². The molecule has 4 aromatic rings. The van der Waals surface area contributed by atoms with Gasteiger partial charge in [-0.15, -0.1) is 0 Å². The van der Waals surface area contributed by atoms with Gasteiger partial charge in [0.2, 0.25) is 0 Å². The first-order valence-corrected chi connectivity index (χ1v) is 14.8. The van der Waals surface area contributed by atoms with E-state index in [-0.39, 0.29) is 17.3 Å². The van der Waals surface area contributed by atoms with Crippen LogP contribution in [-0.2, 0) is 10.2 Å². The molecular formula is C30H42N8O4. The lowest BCUT2D eigenvalue weighted by atomic mass is 9.75. The van der Waals surface area contributed by atoms with Gasteiger partial charge in [0, 0.05) is 18.6 Å². The van der Waals surface area contributed by atoms with E-state index in [0.717, 1.165) is 23.9 Å². The smallest absolute Gasteiger partial charge is 0.167 e. The number of H-pyrrole nitrogens is 1. The predicted molar refractivity (Wildman–Crippen MR) is 158 cm³/mol. The van der Waals surface area contributed by atoms with Crippen molar-refractivity contribution in [3.05, 3.63) is 42.2 Å². The number of aromatic amines is 1. The van der Waals surface area contributed by atoms with Gasteiger partial charge in [0.15, 0.2) is 17.7 Å². The Balaban J connectivity index is 1.08. The number of ether oxygens (including phenoxy) is 1. The third kappa shape index (κ3) is 5.26. The Kier molecular flexibility index (Phi) is 7.47. The van der Waals surface area contributed by atoms with Crippen molar-refractivity contribution in [2.75, 3.05) is 12.3 Å². The maximum Gasteiger partial charge on any atom is 0.167 e. The van der Waals surface area contributed by atoms with Crippen LogP contribution in [0.25, 0.3) is 22.2 Å². The van der Waals surface area contributed by atoms with Crippen LogP contribution in [0.4, 0.5) is 5.82 Å². The molecule has 12 heteroatoms. The van der Waals surface area contributed by atoms with Crippen molar-refractivity contribution in [2.24, 2.45) is 5.92 Å². The molecule has 4 heterocycles. The van der Waals surface area contributed by atoms with Gasteiger partial charge in [-0.05, 0) is 62.1 Å². The predicted octanol–water partition coefficient (Wildman–Crippen LogP) is 2.81. The molecule has 0 spiro atoms. The zero-order chi connectivity index (χ0) is 29.9. The fourth-order valence-corrected chi connectivity index (χ4v) is 6.40. The van der Waals surface area contributed by atoms with E-state index >= 15 is 0 Å². The Morgan fingerprint density at radius 3 is 2.62 bits per heavy atom. The Hall–Kier alpha value is -3.16. The van der Waals surface area contributed by atoms with Crippen LogP contribution in [0.15, 0.2) is 30.9 Å². The fourth-order valence-electron chi connectivity index (χ4n) is 6.40. The molecule has 6 N–H and O–H groups in total. The van der Waals surface area contributed by atoms with Crippen LogP contribution in [0.5, 0.6) is 0 Å². The molecule has 5 atom stereocenters. The zero-order valence-electron chi connectivity index (χ0n) is 24.8. The molecule has 6 rings (SSSR count). The molecule has 1 saturated heterocycles. The highest BCUT2D eigenvalue weighted by molar-refractivity contribution is 5.81. The molecule has 2 fully saturated rings. The molecule has 3 aromatic heterocycles. The normalized spacial score (nSPS) is 27.4. The minimum absolute atomic E-state index is 0.0328. The molecule has 1 unspecified atom stereocenters. The summed E-state index contributed by atoms with van der Waals surface area (Å²) in [6.07, 6.45) is 1.03. The number of hydrogen-bond acceptors (Lipinski definition) is 10. The summed E-state index contributed by atoms with van der Waals surface area (Å²) in [6, 6.07) is 6.75. The first kappa shape index (κ1) is 28.9. The lowest BCUT2D eigenvalue weighted by molar-refractivity contribution is -0.0640. The van der Waals surface area contributed by atoms with E-state index in [1.54, 1.807) is 4.57 Å². The average molecular weight is 579 g/mol. The van der Waals surface area contributed by atoms with Gasteiger partial charge in [-0.25, -0.2) is 19.9 Å². The second-order valence-electron chi connectivity index (χ2n) is 13.3. The zero-order valence-corrected chi connectivity index (χ0v) is 24.8. The van der Waals surface area contributed by atoms with Gasteiger partial charge in [0.25, 0.3) is 0 Å². The molecule has 0 radical (unpaired) electrons. The third-order valence-corrected chi connectivity index (χ3v) is 8.97. The number of rotatable bonds is 8. The van der Waals surface area contributed by atoms with Crippen molar-refractivity contribution < 1.29 is 20.1 Å². The summed E-state index contributed by atoms with van der Waals surface area (Å²) in [7, 11) is 0. The SMILES string of the molecule is CC(C)N(C[C@H]1O[C@@H](n2cnc3c(N)ncnc32)[C@H](O)[C@@H]1O)[C@H]1C[C@@H](CC(O)c2nc3cc(C(C)(C)C)ccc3[nH]2)C1. The minimum Gasteiger partial charge on any atom is -0.387 e. The number of nitrogens with one attached hydrogen (secondary N) is 1. The van der Waals surface area contributed by atoms with E-state index in [1.165, 1.54) is 18.2 Å². The Morgan fingerprint density at radius 1 is 1.14 bits per heavy atom. The maximum atomic E-state index is 11.0. The highest BCUT2D eigenvalue weighted by Gasteiger charge is 2.46. The molecule has 2 aliphatic rings. The molecule has 12 nitrogen and oxygen atoms in total. The molecule has 0 amide bonds. The van der Waals surface area contributed by atoms with Crippen LogP contribution in [-0.4, -0.2) is 86.6 Å². The van der Waals surface area contributed by atoms with E-state index in [2.05, 4.69) is 71.6 Å². The Bertz CT molecular complexity index is 1560. The van der Waals surface area contributed by atoms with Crippen LogP contribution in [0.1, 0.15) is 77.6 Å². The van der Waals surface area contributed by atoms with Crippen LogP contribution in [0, 0.1) is 5.92 Å². The van der Waals surface area contributed by atoms with Gasteiger partial charge in [-0.3, -0.25) is 9.47 Å². The van der Waals surface area contributed by atoms with Gasteiger partial charge >= 0.3 is 0 Å². The van der Waals surface area contributed by atoms with Gasteiger partial charge < -0.3 is 30.8 Å². The van der Waals surface area contributed by atoms with Crippen molar-refractivity contribution in [1.82, 2.24) is 34.4 Å². The van der Waals surface area contributed by atoms with Crippen LogP contribution < -0.4 is 5.73 Å². The van der Waals surface area contributed by atoms with Gasteiger partial charge in [-0.1, -0.05) is 26.8 Å². The number of aliphatic hydroxyl groups is 3. The van der Waals surface area contributed by atoms with Crippen LogP contribution >= 0.6 is 0 Å². The van der Waals surface area contributed by atoms with E-state index in [0.29, 0.717) is 41.9 Å². The second-order valence-corrected chi connectivity index (χ2v) is 13.3. The summed E-state index contributed by atoms with van der Waals surface area (Å²) >= 11 is 0. The van der Waals surface area contributed by atoms with E-state index in [4.69, 9.17) is 15.5 Å². The molecule has 0 bridgehead atoms. The number of hydrogen-bond donors (Lipinski definition) is 5. The molecule has 1 aliphatic carbocycles. The molecule has 42 heavy (non-hydrogen) atoms. The number of nitrogen functional groups attached to an aromatic ring is 1. The molecular weight excluding hydrogens is 536 g/mol. The van der Waals surface area contributed by atoms with Crippen LogP contribution in [0.3, 0.4) is 0 Å². The highest BCUT2D eigenvalue weighted by atomic mass is 16.6. The third-order valence-electron chi connectivity index (χ3n) is 8.97. The minimum atomic E-state index is -1.15. The molecule has 1 saturated carbocycles. The molecule has 226 valence electrons. The standard InChI is InChI=1S/C30H42N8O4/c1-15(2)37(12-22-24(40)25(41)29(42-22)38-14-34-23-26(31)32-13-33-28(23)38)18-8-16(9-18)10-21(39)27-35-19-7-6-17(30(3,4)5)11-20(19)36-27/h6-7,11,13-16,18,21-22,24-25,29,39-41H,8-10,12H2,1-5H3,(H,35,36)(H2,31,32,33)/t16-,18+,21?,22-,24-,25-,29-/m1/s1. The summed E-state index contributed by atoms with van der Waals surface area (Å²) in [5.41, 5.74) is 9.85. The van der Waals surface area contributed by atoms with E-state index < -0.39 is 30.6 Å². The number of aliphatic hydroxyl groups excluding tert-OH is 3. The Labute approximate surface area is 245 Å². The van der Waals surface area contributed by atoms with E-state index in [9.17, 15) is 15.3 Å².